The molecule has 37 heavy (non-hydrogen) atoms. The third-order valence-electron chi connectivity index (χ3n) is 6.22. The number of hydrogen-bond donors (Lipinski definition) is 0. The van der Waals surface area contributed by atoms with Crippen LogP contribution in [0.3, 0.4) is 0 Å². The van der Waals surface area contributed by atoms with E-state index in [1.165, 1.54) is 18.2 Å². The normalized spacial score (nSPS) is 12.7. The molecule has 180 valence electrons. The predicted octanol–water partition coefficient (Wildman–Crippen LogP) is 5.27. The van der Waals surface area contributed by atoms with Crippen molar-refractivity contribution in [1.82, 2.24) is 10.2 Å². The van der Waals surface area contributed by atoms with Gasteiger partial charge in [-0.3, -0.25) is 19.7 Å². The fraction of sp³-hybridized carbons (Fsp3) is 0.0370. The van der Waals surface area contributed by atoms with Crippen LogP contribution < -0.4 is 9.64 Å². The Hall–Kier alpha value is -5.38. The highest BCUT2D eigenvalue weighted by Gasteiger charge is 2.35. The molecule has 1 aliphatic heterocycles. The van der Waals surface area contributed by atoms with Crippen LogP contribution in [-0.2, 0) is 0 Å². The molecule has 0 fully saturated rings. The molecule has 0 unspecified atom stereocenters. The molecule has 0 N–H and O–H groups in total. The minimum atomic E-state index is -0.559. The summed E-state index contributed by atoms with van der Waals surface area (Å²) in [5, 5.41) is 20.2. The van der Waals surface area contributed by atoms with Gasteiger partial charge in [0.2, 0.25) is 11.8 Å². The van der Waals surface area contributed by atoms with Crippen LogP contribution in [0.5, 0.6) is 5.75 Å². The van der Waals surface area contributed by atoms with E-state index in [-0.39, 0.29) is 33.5 Å². The molecule has 4 aromatic carbocycles. The monoisotopic (exact) mass is 492 g/mol. The summed E-state index contributed by atoms with van der Waals surface area (Å²) in [6.07, 6.45) is 0. The van der Waals surface area contributed by atoms with Crippen molar-refractivity contribution in [2.24, 2.45) is 0 Å². The van der Waals surface area contributed by atoms with Gasteiger partial charge >= 0.3 is 0 Å². The number of amides is 2. The topological polar surface area (TPSA) is 129 Å². The number of non-ortho nitro benzene ring substituents is 1. The summed E-state index contributed by atoms with van der Waals surface area (Å²) in [5.41, 5.74) is 1.96. The van der Waals surface area contributed by atoms with E-state index in [0.29, 0.717) is 22.9 Å². The van der Waals surface area contributed by atoms with Gasteiger partial charge in [-0.05, 0) is 66.7 Å². The number of benzene rings is 4. The first-order chi connectivity index (χ1) is 18.0. The third-order valence-corrected chi connectivity index (χ3v) is 6.22. The zero-order chi connectivity index (χ0) is 25.7. The van der Waals surface area contributed by atoms with Crippen LogP contribution in [0.25, 0.3) is 33.7 Å². The van der Waals surface area contributed by atoms with Gasteiger partial charge < -0.3 is 9.15 Å². The molecule has 0 saturated heterocycles. The Morgan fingerprint density at radius 2 is 1.41 bits per heavy atom. The van der Waals surface area contributed by atoms with Crippen LogP contribution in [0.1, 0.15) is 20.7 Å². The summed E-state index contributed by atoms with van der Waals surface area (Å²) in [6, 6.07) is 21.1. The molecule has 1 aromatic heterocycles. The van der Waals surface area contributed by atoms with E-state index < -0.39 is 16.7 Å². The summed E-state index contributed by atoms with van der Waals surface area (Å²) in [6.45, 7) is 0. The van der Waals surface area contributed by atoms with Crippen LogP contribution in [-0.4, -0.2) is 34.0 Å². The summed E-state index contributed by atoms with van der Waals surface area (Å²) in [5.74, 6) is 0.197. The molecular formula is C27H16N4O6. The Kier molecular flexibility index (Phi) is 5.01. The van der Waals surface area contributed by atoms with Crippen molar-refractivity contribution in [2.45, 2.75) is 0 Å². The van der Waals surface area contributed by atoms with Crippen molar-refractivity contribution < 1.29 is 23.7 Å². The Labute approximate surface area is 208 Å². The minimum Gasteiger partial charge on any atom is -0.497 e. The fourth-order valence-electron chi connectivity index (χ4n) is 4.42. The number of carbonyl (C=O) groups excluding carboxylic acids is 2. The van der Waals surface area contributed by atoms with Gasteiger partial charge in [0.05, 0.1) is 23.1 Å². The van der Waals surface area contributed by atoms with Gasteiger partial charge in [-0.1, -0.05) is 6.07 Å². The molecule has 5 aromatic rings. The number of rotatable bonds is 5. The van der Waals surface area contributed by atoms with Gasteiger partial charge in [0, 0.05) is 33.7 Å². The molecule has 0 bridgehead atoms. The van der Waals surface area contributed by atoms with Crippen molar-refractivity contribution in [3.8, 4) is 28.7 Å². The fourth-order valence-corrected chi connectivity index (χ4v) is 4.42. The maximum absolute atomic E-state index is 13.3. The van der Waals surface area contributed by atoms with Crippen LogP contribution >= 0.6 is 0 Å². The third kappa shape index (κ3) is 3.50. The number of carbonyl (C=O) groups is 2. The van der Waals surface area contributed by atoms with Crippen molar-refractivity contribution in [2.75, 3.05) is 12.0 Å². The lowest BCUT2D eigenvalue weighted by molar-refractivity contribution is -0.383. The highest BCUT2D eigenvalue weighted by molar-refractivity contribution is 6.36. The van der Waals surface area contributed by atoms with E-state index in [2.05, 4.69) is 10.2 Å². The number of nitrogens with zero attached hydrogens (tertiary/aromatic N) is 4. The first-order valence-electron chi connectivity index (χ1n) is 11.1. The lowest BCUT2D eigenvalue weighted by Crippen LogP contribution is -2.40. The molecular weight excluding hydrogens is 476 g/mol. The van der Waals surface area contributed by atoms with Gasteiger partial charge in [-0.15, -0.1) is 10.2 Å². The van der Waals surface area contributed by atoms with Crippen molar-refractivity contribution in [3.63, 3.8) is 0 Å². The zero-order valence-electron chi connectivity index (χ0n) is 19.2. The second kappa shape index (κ2) is 8.38. The number of imide groups is 1. The standard InChI is InChI=1S/C27H16N4O6/c1-36-18-11-7-16(8-12-18)25-29-28-24(37-25)15-5-9-17(10-6-15)30-26(32)20-4-2-3-19-22(31(34)35)14-13-21(23(19)20)27(30)33/h2-14H,1H3. The maximum atomic E-state index is 13.3. The van der Waals surface area contributed by atoms with E-state index in [1.54, 1.807) is 67.8 Å². The molecule has 0 aliphatic carbocycles. The van der Waals surface area contributed by atoms with Crippen molar-refractivity contribution >= 4 is 34.0 Å². The van der Waals surface area contributed by atoms with Gasteiger partial charge in [0.1, 0.15) is 5.75 Å². The number of aromatic nitrogens is 2. The summed E-state index contributed by atoms with van der Waals surface area (Å²) in [4.78, 5) is 38.7. The number of hydrogen-bond acceptors (Lipinski definition) is 8. The molecule has 2 heterocycles. The van der Waals surface area contributed by atoms with E-state index in [0.717, 1.165) is 10.5 Å². The quantitative estimate of drug-likeness (QED) is 0.184. The lowest BCUT2D eigenvalue weighted by atomic mass is 9.92. The highest BCUT2D eigenvalue weighted by Crippen LogP contribution is 2.37. The van der Waals surface area contributed by atoms with E-state index in [9.17, 15) is 19.7 Å². The molecule has 10 heteroatoms. The predicted molar refractivity (Wildman–Crippen MR) is 133 cm³/mol. The lowest BCUT2D eigenvalue weighted by Gasteiger charge is -2.27. The second-order valence-electron chi connectivity index (χ2n) is 8.25. The number of anilines is 1. The molecule has 6 rings (SSSR count). The minimum absolute atomic E-state index is 0.160. The van der Waals surface area contributed by atoms with Crippen LogP contribution in [0, 0.1) is 10.1 Å². The first-order valence-corrected chi connectivity index (χ1v) is 11.1. The molecule has 10 nitrogen and oxygen atoms in total. The average Bonchev–Trinajstić information content (AvgIpc) is 3.42. The van der Waals surface area contributed by atoms with Gasteiger partial charge in [-0.25, -0.2) is 4.90 Å². The molecule has 0 spiro atoms. The largest absolute Gasteiger partial charge is 0.497 e. The zero-order valence-corrected chi connectivity index (χ0v) is 19.2. The Balaban J connectivity index is 1.33. The smallest absolute Gasteiger partial charge is 0.277 e. The highest BCUT2D eigenvalue weighted by atomic mass is 16.6. The molecule has 0 radical (unpaired) electrons. The average molecular weight is 492 g/mol. The molecule has 2 amide bonds. The number of nitro groups is 1. The summed E-state index contributed by atoms with van der Waals surface area (Å²) < 4.78 is 11.0. The van der Waals surface area contributed by atoms with Crippen LogP contribution in [0.4, 0.5) is 11.4 Å². The summed E-state index contributed by atoms with van der Waals surface area (Å²) in [7, 11) is 1.58. The van der Waals surface area contributed by atoms with Crippen molar-refractivity contribution in [1.29, 1.82) is 0 Å². The maximum Gasteiger partial charge on any atom is 0.277 e. The van der Waals surface area contributed by atoms with Gasteiger partial charge in [0.25, 0.3) is 17.5 Å². The number of nitro benzene ring substituents is 1. The van der Waals surface area contributed by atoms with E-state index in [4.69, 9.17) is 9.15 Å². The van der Waals surface area contributed by atoms with Crippen LogP contribution in [0.2, 0.25) is 0 Å². The molecule has 0 saturated carbocycles. The van der Waals surface area contributed by atoms with Crippen molar-refractivity contribution in [3.05, 3.63) is 100 Å². The van der Waals surface area contributed by atoms with Gasteiger partial charge in [-0.2, -0.15) is 0 Å². The number of methoxy groups -OCH3 is 1. The van der Waals surface area contributed by atoms with E-state index in [1.807, 2.05) is 0 Å². The van der Waals surface area contributed by atoms with Crippen LogP contribution in [0.15, 0.2) is 83.3 Å². The summed E-state index contributed by atoms with van der Waals surface area (Å²) >= 11 is 0. The Morgan fingerprint density at radius 3 is 2.00 bits per heavy atom. The molecule has 0 atom stereocenters. The SMILES string of the molecule is COc1ccc(-c2nnc(-c3ccc(N4C(=O)c5cccc6c([N+](=O)[O-])ccc(c56)C4=O)cc3)o2)cc1. The number of ether oxygens (including phenoxy) is 1. The Morgan fingerprint density at radius 1 is 0.811 bits per heavy atom. The second-order valence-corrected chi connectivity index (χ2v) is 8.25. The molecule has 1 aliphatic rings. The van der Waals surface area contributed by atoms with E-state index >= 15 is 0 Å². The van der Waals surface area contributed by atoms with Gasteiger partial charge in [0.15, 0.2) is 0 Å². The Bertz CT molecular complexity index is 1700. The first kappa shape index (κ1) is 22.1.